The summed E-state index contributed by atoms with van der Waals surface area (Å²) in [7, 11) is 0. The number of aryl methyl sites for hydroxylation is 1. The van der Waals surface area contributed by atoms with Gasteiger partial charge in [0.1, 0.15) is 0 Å². The average Bonchev–Trinajstić information content (AvgIpc) is 3.15. The van der Waals surface area contributed by atoms with Crippen LogP contribution in [0.1, 0.15) is 27.3 Å². The van der Waals surface area contributed by atoms with Crippen LogP contribution in [0.4, 0.5) is 6.01 Å². The van der Waals surface area contributed by atoms with Gasteiger partial charge in [-0.25, -0.2) is 0 Å². The van der Waals surface area contributed by atoms with Gasteiger partial charge in [0.25, 0.3) is 0 Å². The van der Waals surface area contributed by atoms with Crippen LogP contribution in [-0.4, -0.2) is 10.2 Å². The van der Waals surface area contributed by atoms with Gasteiger partial charge in [-0.05, 0) is 31.0 Å². The second kappa shape index (κ2) is 6.72. The van der Waals surface area contributed by atoms with Gasteiger partial charge in [0.05, 0.1) is 12.6 Å². The molecule has 0 bridgehead atoms. The fraction of sp³-hybridized carbons (Fsp3) is 0.250. The number of benzene rings is 1. The first-order chi connectivity index (χ1) is 10.7. The first-order valence-electron chi connectivity index (χ1n) is 7.13. The van der Waals surface area contributed by atoms with Crippen molar-refractivity contribution in [3.05, 3.63) is 63.7 Å². The van der Waals surface area contributed by atoms with Gasteiger partial charge in [-0.3, -0.25) is 0 Å². The predicted molar refractivity (Wildman–Crippen MR) is 87.8 cm³/mol. The summed E-state index contributed by atoms with van der Waals surface area (Å²) in [4.78, 5) is 2.51. The maximum absolute atomic E-state index is 6.13. The van der Waals surface area contributed by atoms with Crippen molar-refractivity contribution in [2.24, 2.45) is 5.73 Å². The lowest BCUT2D eigenvalue weighted by molar-refractivity contribution is 0.457. The normalized spacial score (nSPS) is 12.3. The third-order valence-electron chi connectivity index (χ3n) is 3.27. The molecule has 5 nitrogen and oxygen atoms in total. The van der Waals surface area contributed by atoms with Gasteiger partial charge in [0.15, 0.2) is 0 Å². The van der Waals surface area contributed by atoms with Crippen LogP contribution in [0.5, 0.6) is 0 Å². The number of thiophene rings is 1. The van der Waals surface area contributed by atoms with E-state index in [1.54, 1.807) is 11.3 Å². The fourth-order valence-electron chi connectivity index (χ4n) is 2.15. The first-order valence-corrected chi connectivity index (χ1v) is 7.94. The van der Waals surface area contributed by atoms with Crippen LogP contribution in [0.3, 0.4) is 0 Å². The summed E-state index contributed by atoms with van der Waals surface area (Å²) in [6.07, 6.45) is 0.673. The molecule has 6 heteroatoms. The number of rotatable bonds is 6. The minimum atomic E-state index is -0.297. The minimum Gasteiger partial charge on any atom is -0.406 e. The van der Waals surface area contributed by atoms with E-state index in [1.165, 1.54) is 9.75 Å². The van der Waals surface area contributed by atoms with Crippen molar-refractivity contribution in [3.63, 3.8) is 0 Å². The lowest BCUT2D eigenvalue weighted by atomic mass is 10.1. The zero-order valence-electron chi connectivity index (χ0n) is 12.3. The van der Waals surface area contributed by atoms with Crippen molar-refractivity contribution in [1.29, 1.82) is 0 Å². The summed E-state index contributed by atoms with van der Waals surface area (Å²) >= 11 is 1.74. The molecule has 0 amide bonds. The average molecular weight is 314 g/mol. The molecular weight excluding hydrogens is 296 g/mol. The van der Waals surface area contributed by atoms with Gasteiger partial charge in [0, 0.05) is 9.75 Å². The Labute approximate surface area is 133 Å². The van der Waals surface area contributed by atoms with E-state index in [4.69, 9.17) is 10.2 Å². The quantitative estimate of drug-likeness (QED) is 0.730. The molecule has 0 spiro atoms. The molecule has 0 aliphatic carbocycles. The number of anilines is 1. The van der Waals surface area contributed by atoms with Crippen molar-refractivity contribution in [2.45, 2.75) is 25.9 Å². The Morgan fingerprint density at radius 1 is 1.18 bits per heavy atom. The second-order valence-corrected chi connectivity index (χ2v) is 6.48. The van der Waals surface area contributed by atoms with Gasteiger partial charge in [-0.15, -0.1) is 16.4 Å². The Kier molecular flexibility index (Phi) is 4.50. The topological polar surface area (TPSA) is 77.0 Å². The Hall–Kier alpha value is -2.18. The van der Waals surface area contributed by atoms with E-state index in [0.717, 1.165) is 5.56 Å². The molecule has 0 saturated carbocycles. The maximum Gasteiger partial charge on any atom is 0.315 e. The third-order valence-corrected chi connectivity index (χ3v) is 4.27. The molecular formula is C16H18N4OS. The van der Waals surface area contributed by atoms with Gasteiger partial charge in [0.2, 0.25) is 5.89 Å². The largest absolute Gasteiger partial charge is 0.406 e. The summed E-state index contributed by atoms with van der Waals surface area (Å²) in [6, 6.07) is 14.3. The Balaban J connectivity index is 1.58. The van der Waals surface area contributed by atoms with Crippen molar-refractivity contribution < 1.29 is 4.42 Å². The Morgan fingerprint density at radius 3 is 2.73 bits per heavy atom. The van der Waals surface area contributed by atoms with Crippen molar-refractivity contribution in [3.8, 4) is 0 Å². The zero-order valence-corrected chi connectivity index (χ0v) is 13.1. The van der Waals surface area contributed by atoms with E-state index in [-0.39, 0.29) is 6.04 Å². The van der Waals surface area contributed by atoms with Gasteiger partial charge in [-0.2, -0.15) is 0 Å². The molecule has 0 aliphatic rings. The lowest BCUT2D eigenvalue weighted by Gasteiger charge is -2.06. The van der Waals surface area contributed by atoms with Crippen LogP contribution in [0.25, 0.3) is 0 Å². The molecule has 0 fully saturated rings. The molecule has 114 valence electrons. The predicted octanol–water partition coefficient (Wildman–Crippen LogP) is 3.29. The molecule has 1 aromatic carbocycles. The molecule has 3 N–H and O–H groups in total. The molecule has 0 saturated heterocycles. The van der Waals surface area contributed by atoms with Crippen molar-refractivity contribution >= 4 is 17.4 Å². The standard InChI is InChI=1S/C16H18N4OS/c1-11-7-8-13(22-11)10-18-16-20-19-15(21-16)14(17)9-12-5-3-2-4-6-12/h2-8,14H,9-10,17H2,1H3,(H,18,20)/t14-/m1/s1. The fourth-order valence-corrected chi connectivity index (χ4v) is 2.98. The van der Waals surface area contributed by atoms with Crippen LogP contribution in [-0.2, 0) is 13.0 Å². The molecule has 0 unspecified atom stereocenters. The SMILES string of the molecule is Cc1ccc(CNc2nnc([C@H](N)Cc3ccccc3)o2)s1. The third kappa shape index (κ3) is 3.72. The number of nitrogens with one attached hydrogen (secondary N) is 1. The summed E-state index contributed by atoms with van der Waals surface area (Å²) in [6.45, 7) is 2.76. The molecule has 0 aliphatic heterocycles. The molecule has 3 rings (SSSR count). The smallest absolute Gasteiger partial charge is 0.315 e. The summed E-state index contributed by atoms with van der Waals surface area (Å²) in [5.74, 6) is 0.453. The summed E-state index contributed by atoms with van der Waals surface area (Å²) < 4.78 is 5.59. The molecule has 2 aromatic heterocycles. The number of hydrogen-bond acceptors (Lipinski definition) is 6. The summed E-state index contributed by atoms with van der Waals surface area (Å²) in [5, 5.41) is 11.2. The molecule has 22 heavy (non-hydrogen) atoms. The van der Waals surface area contributed by atoms with Crippen molar-refractivity contribution in [2.75, 3.05) is 5.32 Å². The minimum absolute atomic E-state index is 0.297. The highest BCUT2D eigenvalue weighted by Gasteiger charge is 2.15. The highest BCUT2D eigenvalue weighted by molar-refractivity contribution is 7.11. The lowest BCUT2D eigenvalue weighted by Crippen LogP contribution is -2.13. The molecule has 0 radical (unpaired) electrons. The van der Waals surface area contributed by atoms with Crippen LogP contribution in [0.2, 0.25) is 0 Å². The van der Waals surface area contributed by atoms with E-state index in [1.807, 2.05) is 30.3 Å². The number of aromatic nitrogens is 2. The van der Waals surface area contributed by atoms with Gasteiger partial charge < -0.3 is 15.5 Å². The van der Waals surface area contributed by atoms with Gasteiger partial charge in [-0.1, -0.05) is 35.4 Å². The Morgan fingerprint density at radius 2 is 2.00 bits per heavy atom. The number of nitrogens with zero attached hydrogens (tertiary/aromatic N) is 2. The van der Waals surface area contributed by atoms with E-state index in [9.17, 15) is 0 Å². The number of nitrogens with two attached hydrogens (primary N) is 1. The Bertz CT molecular complexity index is 723. The highest BCUT2D eigenvalue weighted by Crippen LogP contribution is 2.19. The van der Waals surface area contributed by atoms with E-state index in [0.29, 0.717) is 24.9 Å². The summed E-state index contributed by atoms with van der Waals surface area (Å²) in [5.41, 5.74) is 7.28. The van der Waals surface area contributed by atoms with E-state index in [2.05, 4.69) is 34.6 Å². The molecule has 1 atom stereocenters. The second-order valence-electron chi connectivity index (χ2n) is 5.11. The zero-order chi connectivity index (χ0) is 15.4. The highest BCUT2D eigenvalue weighted by atomic mass is 32.1. The van der Waals surface area contributed by atoms with E-state index >= 15 is 0 Å². The number of hydrogen-bond donors (Lipinski definition) is 2. The van der Waals surface area contributed by atoms with Crippen molar-refractivity contribution in [1.82, 2.24) is 10.2 Å². The van der Waals surface area contributed by atoms with Crippen LogP contribution in [0, 0.1) is 6.92 Å². The van der Waals surface area contributed by atoms with Crippen LogP contribution < -0.4 is 11.1 Å². The monoisotopic (exact) mass is 314 g/mol. The molecule has 2 heterocycles. The van der Waals surface area contributed by atoms with Gasteiger partial charge >= 0.3 is 6.01 Å². The molecule has 3 aromatic rings. The van der Waals surface area contributed by atoms with Crippen LogP contribution in [0.15, 0.2) is 46.9 Å². The maximum atomic E-state index is 6.13. The van der Waals surface area contributed by atoms with Crippen LogP contribution >= 0.6 is 11.3 Å². The van der Waals surface area contributed by atoms with E-state index < -0.39 is 0 Å². The first kappa shape index (κ1) is 14.7.